The Morgan fingerprint density at radius 3 is 2.74 bits per heavy atom. The first-order valence-electron chi connectivity index (χ1n) is 6.60. The van der Waals surface area contributed by atoms with Gasteiger partial charge in [0.15, 0.2) is 11.5 Å². The molecule has 1 aromatic carbocycles. The van der Waals surface area contributed by atoms with Crippen LogP contribution in [0.25, 0.3) is 0 Å². The van der Waals surface area contributed by atoms with Crippen molar-refractivity contribution < 1.29 is 9.47 Å². The van der Waals surface area contributed by atoms with E-state index in [4.69, 9.17) is 20.0 Å². The molecule has 1 heterocycles. The first-order valence-corrected chi connectivity index (χ1v) is 6.60. The smallest absolute Gasteiger partial charge is 0.237 e. The molecule has 7 heteroatoms. The third-order valence-electron chi connectivity index (χ3n) is 2.79. The fraction of sp³-hybridized carbons (Fsp3) is 0.125. The van der Waals surface area contributed by atoms with Gasteiger partial charge < -0.3 is 9.47 Å². The van der Waals surface area contributed by atoms with Crippen LogP contribution in [-0.2, 0) is 6.61 Å². The number of nitriles is 2. The number of rotatable bonds is 6. The van der Waals surface area contributed by atoms with Gasteiger partial charge in [-0.3, -0.25) is 10.4 Å². The second-order valence-corrected chi connectivity index (χ2v) is 4.31. The summed E-state index contributed by atoms with van der Waals surface area (Å²) >= 11 is 0. The van der Waals surface area contributed by atoms with E-state index in [9.17, 15) is 0 Å². The van der Waals surface area contributed by atoms with Gasteiger partial charge in [0.2, 0.25) is 5.71 Å². The summed E-state index contributed by atoms with van der Waals surface area (Å²) in [5.41, 5.74) is 3.86. The summed E-state index contributed by atoms with van der Waals surface area (Å²) in [7, 11) is 1.52. The number of hydrazone groups is 1. The van der Waals surface area contributed by atoms with E-state index in [1.54, 1.807) is 42.7 Å². The number of aromatic nitrogens is 1. The molecule has 2 rings (SSSR count). The van der Waals surface area contributed by atoms with Crippen LogP contribution in [0.2, 0.25) is 0 Å². The maximum Gasteiger partial charge on any atom is 0.237 e. The third kappa shape index (κ3) is 4.45. The predicted octanol–water partition coefficient (Wildman–Crippen LogP) is 2.48. The number of benzene rings is 1. The van der Waals surface area contributed by atoms with Gasteiger partial charge in [0, 0.05) is 24.0 Å². The Kier molecular flexibility index (Phi) is 5.50. The number of hydrogen-bond acceptors (Lipinski definition) is 7. The maximum absolute atomic E-state index is 8.63. The van der Waals surface area contributed by atoms with Crippen molar-refractivity contribution in [3.05, 3.63) is 48.3 Å². The van der Waals surface area contributed by atoms with Gasteiger partial charge in [0.25, 0.3) is 0 Å². The van der Waals surface area contributed by atoms with Crippen molar-refractivity contribution in [1.29, 1.82) is 10.5 Å². The molecule has 7 nitrogen and oxygen atoms in total. The monoisotopic (exact) mass is 307 g/mol. The van der Waals surface area contributed by atoms with Crippen molar-refractivity contribution in [2.24, 2.45) is 5.10 Å². The molecule has 0 spiro atoms. The summed E-state index contributed by atoms with van der Waals surface area (Å²) in [4.78, 5) is 4.02. The lowest BCUT2D eigenvalue weighted by Crippen LogP contribution is -2.00. The molecule has 2 aromatic rings. The number of methoxy groups -OCH3 is 1. The molecule has 0 bridgehead atoms. The number of pyridine rings is 1. The molecule has 0 fully saturated rings. The van der Waals surface area contributed by atoms with Crippen molar-refractivity contribution in [3.63, 3.8) is 0 Å². The van der Waals surface area contributed by atoms with E-state index >= 15 is 0 Å². The number of anilines is 1. The highest BCUT2D eigenvalue weighted by atomic mass is 16.5. The van der Waals surface area contributed by atoms with Gasteiger partial charge in [-0.05, 0) is 18.2 Å². The van der Waals surface area contributed by atoms with Gasteiger partial charge in [0.1, 0.15) is 18.7 Å². The summed E-state index contributed by atoms with van der Waals surface area (Å²) < 4.78 is 11.0. The van der Waals surface area contributed by atoms with Gasteiger partial charge in [-0.1, -0.05) is 6.07 Å². The van der Waals surface area contributed by atoms with E-state index in [-0.39, 0.29) is 5.71 Å². The van der Waals surface area contributed by atoms with Crippen molar-refractivity contribution in [1.82, 2.24) is 4.98 Å². The Morgan fingerprint density at radius 2 is 2.09 bits per heavy atom. The van der Waals surface area contributed by atoms with E-state index in [1.165, 1.54) is 7.11 Å². The van der Waals surface area contributed by atoms with Crippen LogP contribution in [0, 0.1) is 22.7 Å². The zero-order valence-corrected chi connectivity index (χ0v) is 12.4. The number of nitrogens with zero attached hydrogens (tertiary/aromatic N) is 4. The van der Waals surface area contributed by atoms with Crippen LogP contribution in [-0.4, -0.2) is 17.8 Å². The molecule has 0 radical (unpaired) electrons. The van der Waals surface area contributed by atoms with Crippen molar-refractivity contribution in [2.75, 3.05) is 12.5 Å². The molecule has 0 aliphatic carbocycles. The molecule has 114 valence electrons. The lowest BCUT2D eigenvalue weighted by Gasteiger charge is -2.12. The highest BCUT2D eigenvalue weighted by Gasteiger charge is 2.06. The SMILES string of the molecule is COc1cc(NN=C(C#N)C#N)ccc1OCc1cccnc1. The van der Waals surface area contributed by atoms with Crippen LogP contribution in [0.1, 0.15) is 5.56 Å². The Bertz CT molecular complexity index is 759. The Hall–Kier alpha value is -3.58. The van der Waals surface area contributed by atoms with Crippen molar-refractivity contribution in [3.8, 4) is 23.6 Å². The first-order chi connectivity index (χ1) is 11.3. The molecular weight excluding hydrogens is 294 g/mol. The molecule has 0 saturated carbocycles. The average molecular weight is 307 g/mol. The highest BCUT2D eigenvalue weighted by Crippen LogP contribution is 2.30. The van der Waals surface area contributed by atoms with Crippen LogP contribution in [0.5, 0.6) is 11.5 Å². The fourth-order valence-corrected chi connectivity index (χ4v) is 1.70. The molecule has 0 atom stereocenters. The number of hydrogen-bond donors (Lipinski definition) is 1. The minimum atomic E-state index is -0.263. The summed E-state index contributed by atoms with van der Waals surface area (Å²) in [6.45, 7) is 0.363. The molecule has 0 saturated heterocycles. The molecule has 1 aromatic heterocycles. The average Bonchev–Trinajstić information content (AvgIpc) is 2.62. The Labute approximate surface area is 133 Å². The van der Waals surface area contributed by atoms with Crippen LogP contribution >= 0.6 is 0 Å². The molecule has 1 N–H and O–H groups in total. The standard InChI is InChI=1S/C16H13N5O2/c1-22-16-7-13(20-21-14(8-17)9-18)4-5-15(16)23-11-12-3-2-6-19-10-12/h2-7,10,20H,11H2,1H3. The summed E-state index contributed by atoms with van der Waals surface area (Å²) in [6.07, 6.45) is 3.42. The van der Waals surface area contributed by atoms with Gasteiger partial charge in [-0.15, -0.1) is 0 Å². The number of nitrogens with one attached hydrogen (secondary N) is 1. The topological polar surface area (TPSA) is 103 Å². The molecule has 23 heavy (non-hydrogen) atoms. The van der Waals surface area contributed by atoms with Gasteiger partial charge in [-0.25, -0.2) is 0 Å². The minimum absolute atomic E-state index is 0.263. The molecule has 0 aliphatic rings. The lowest BCUT2D eigenvalue weighted by molar-refractivity contribution is 0.284. The van der Waals surface area contributed by atoms with E-state index in [0.29, 0.717) is 23.8 Å². The van der Waals surface area contributed by atoms with Crippen LogP contribution in [0.15, 0.2) is 47.8 Å². The fourth-order valence-electron chi connectivity index (χ4n) is 1.70. The normalized spacial score (nSPS) is 9.17. The van der Waals surface area contributed by atoms with Gasteiger partial charge >= 0.3 is 0 Å². The summed E-state index contributed by atoms with van der Waals surface area (Å²) in [5.74, 6) is 1.07. The zero-order valence-electron chi connectivity index (χ0n) is 12.4. The lowest BCUT2D eigenvalue weighted by atomic mass is 10.2. The van der Waals surface area contributed by atoms with Crippen LogP contribution in [0.3, 0.4) is 0 Å². The summed E-state index contributed by atoms with van der Waals surface area (Å²) in [6, 6.07) is 12.2. The quantitative estimate of drug-likeness (QED) is 0.649. The summed E-state index contributed by atoms with van der Waals surface area (Å²) in [5, 5.41) is 20.9. The molecular formula is C16H13N5O2. The second kappa shape index (κ2) is 8.01. The molecule has 0 aliphatic heterocycles. The second-order valence-electron chi connectivity index (χ2n) is 4.31. The van der Waals surface area contributed by atoms with E-state index in [0.717, 1.165) is 5.56 Å². The van der Waals surface area contributed by atoms with E-state index < -0.39 is 0 Å². The van der Waals surface area contributed by atoms with Crippen LogP contribution in [0.4, 0.5) is 5.69 Å². The molecule has 0 amide bonds. The molecule has 0 unspecified atom stereocenters. The minimum Gasteiger partial charge on any atom is -0.493 e. The third-order valence-corrected chi connectivity index (χ3v) is 2.79. The Morgan fingerprint density at radius 1 is 1.26 bits per heavy atom. The highest BCUT2D eigenvalue weighted by molar-refractivity contribution is 6.10. The van der Waals surface area contributed by atoms with E-state index in [1.807, 2.05) is 12.1 Å². The largest absolute Gasteiger partial charge is 0.493 e. The zero-order chi connectivity index (χ0) is 16.5. The van der Waals surface area contributed by atoms with Gasteiger partial charge in [0.05, 0.1) is 12.8 Å². The van der Waals surface area contributed by atoms with Gasteiger partial charge in [-0.2, -0.15) is 15.6 Å². The first kappa shape index (κ1) is 15.8. The number of ether oxygens (including phenoxy) is 2. The van der Waals surface area contributed by atoms with Crippen molar-refractivity contribution >= 4 is 11.4 Å². The predicted molar refractivity (Wildman–Crippen MR) is 83.8 cm³/mol. The Balaban J connectivity index is 2.09. The van der Waals surface area contributed by atoms with E-state index in [2.05, 4.69) is 15.5 Å². The van der Waals surface area contributed by atoms with Crippen molar-refractivity contribution in [2.45, 2.75) is 6.61 Å². The van der Waals surface area contributed by atoms with Crippen LogP contribution < -0.4 is 14.9 Å². The maximum atomic E-state index is 8.63.